The third-order valence-electron chi connectivity index (χ3n) is 3.58. The molecule has 0 aromatic carbocycles. The van der Waals surface area contributed by atoms with E-state index in [-0.39, 0.29) is 5.41 Å². The fourth-order valence-corrected chi connectivity index (χ4v) is 2.79. The number of hydrogen-bond acceptors (Lipinski definition) is 2. The van der Waals surface area contributed by atoms with E-state index in [0.29, 0.717) is 5.88 Å². The van der Waals surface area contributed by atoms with Gasteiger partial charge in [-0.1, -0.05) is 26.2 Å². The van der Waals surface area contributed by atoms with Gasteiger partial charge in [0.15, 0.2) is 0 Å². The highest BCUT2D eigenvalue weighted by atomic mass is 35.5. The van der Waals surface area contributed by atoms with Gasteiger partial charge in [0.2, 0.25) is 0 Å². The summed E-state index contributed by atoms with van der Waals surface area (Å²) in [5, 5.41) is 8.45. The number of halogens is 1. The van der Waals surface area contributed by atoms with Gasteiger partial charge in [-0.15, -0.1) is 21.8 Å². The Morgan fingerprint density at radius 2 is 1.93 bits per heavy atom. The zero-order valence-corrected chi connectivity index (χ0v) is 10.2. The Labute approximate surface area is 95.8 Å². The highest BCUT2D eigenvalue weighted by Gasteiger charge is 2.33. The molecule has 1 aromatic rings. The zero-order valence-electron chi connectivity index (χ0n) is 9.46. The molecule has 0 atom stereocenters. The third-order valence-corrected chi connectivity index (χ3v) is 3.82. The van der Waals surface area contributed by atoms with Crippen LogP contribution in [0, 0.1) is 0 Å². The molecule has 4 heteroatoms. The molecule has 1 heterocycles. The Morgan fingerprint density at radius 1 is 1.27 bits per heavy atom. The van der Waals surface area contributed by atoms with Gasteiger partial charge in [0.05, 0.1) is 5.88 Å². The van der Waals surface area contributed by atoms with E-state index in [9.17, 15) is 0 Å². The monoisotopic (exact) mass is 227 g/mol. The van der Waals surface area contributed by atoms with Crippen LogP contribution in [-0.2, 0) is 18.3 Å². The average molecular weight is 228 g/mol. The molecule has 1 aromatic heterocycles. The molecule has 0 amide bonds. The van der Waals surface area contributed by atoms with Crippen LogP contribution in [0.4, 0.5) is 0 Å². The first-order valence-corrected chi connectivity index (χ1v) is 6.15. The quantitative estimate of drug-likeness (QED) is 0.728. The number of aromatic nitrogens is 3. The van der Waals surface area contributed by atoms with Crippen molar-refractivity contribution in [1.29, 1.82) is 0 Å². The molecule has 84 valence electrons. The van der Waals surface area contributed by atoms with Crippen molar-refractivity contribution in [1.82, 2.24) is 14.8 Å². The molecule has 0 aliphatic heterocycles. The van der Waals surface area contributed by atoms with Gasteiger partial charge in [0.25, 0.3) is 0 Å². The third kappa shape index (κ3) is 1.89. The Morgan fingerprint density at radius 3 is 2.47 bits per heavy atom. The molecule has 1 saturated carbocycles. The van der Waals surface area contributed by atoms with Crippen LogP contribution in [0.25, 0.3) is 0 Å². The number of nitrogens with zero attached hydrogens (tertiary/aromatic N) is 3. The van der Waals surface area contributed by atoms with Crippen molar-refractivity contribution >= 4 is 11.6 Å². The molecule has 2 rings (SSSR count). The van der Waals surface area contributed by atoms with Crippen molar-refractivity contribution in [3.63, 3.8) is 0 Å². The summed E-state index contributed by atoms with van der Waals surface area (Å²) in [6.45, 7) is 2.30. The second kappa shape index (κ2) is 4.12. The van der Waals surface area contributed by atoms with Crippen LogP contribution in [-0.4, -0.2) is 14.8 Å². The molecule has 1 fully saturated rings. The molecule has 0 spiro atoms. The maximum atomic E-state index is 5.81. The normalized spacial score (nSPS) is 20.5. The summed E-state index contributed by atoms with van der Waals surface area (Å²) >= 11 is 5.81. The van der Waals surface area contributed by atoms with Crippen LogP contribution in [0.1, 0.15) is 50.7 Å². The summed E-state index contributed by atoms with van der Waals surface area (Å²) in [6.07, 6.45) is 6.41. The van der Waals surface area contributed by atoms with Crippen LogP contribution < -0.4 is 0 Å². The van der Waals surface area contributed by atoms with Gasteiger partial charge in [-0.3, -0.25) is 0 Å². The van der Waals surface area contributed by atoms with Crippen molar-refractivity contribution < 1.29 is 0 Å². The largest absolute Gasteiger partial charge is 0.317 e. The minimum atomic E-state index is 0.213. The summed E-state index contributed by atoms with van der Waals surface area (Å²) in [5.41, 5.74) is 0.213. The second-order valence-electron chi connectivity index (χ2n) is 4.75. The highest BCUT2D eigenvalue weighted by molar-refractivity contribution is 6.16. The topological polar surface area (TPSA) is 30.7 Å². The zero-order chi connectivity index (χ0) is 10.9. The van der Waals surface area contributed by atoms with Gasteiger partial charge in [0, 0.05) is 12.5 Å². The number of alkyl halides is 1. The maximum absolute atomic E-state index is 5.81. The van der Waals surface area contributed by atoms with E-state index in [2.05, 4.69) is 21.7 Å². The fourth-order valence-electron chi connectivity index (χ4n) is 2.56. The maximum Gasteiger partial charge on any atom is 0.147 e. The minimum Gasteiger partial charge on any atom is -0.317 e. The van der Waals surface area contributed by atoms with Gasteiger partial charge in [-0.05, 0) is 12.8 Å². The molecule has 1 aliphatic rings. The summed E-state index contributed by atoms with van der Waals surface area (Å²) in [6, 6.07) is 0. The van der Waals surface area contributed by atoms with Crippen molar-refractivity contribution in [2.45, 2.75) is 50.3 Å². The Balaban J connectivity index is 2.30. The van der Waals surface area contributed by atoms with Gasteiger partial charge >= 0.3 is 0 Å². The summed E-state index contributed by atoms with van der Waals surface area (Å²) < 4.78 is 2.07. The van der Waals surface area contributed by atoms with E-state index in [1.165, 1.54) is 32.1 Å². The van der Waals surface area contributed by atoms with Gasteiger partial charge < -0.3 is 4.57 Å². The van der Waals surface area contributed by atoms with Crippen molar-refractivity contribution in [3.8, 4) is 0 Å². The molecule has 3 nitrogen and oxygen atoms in total. The van der Waals surface area contributed by atoms with E-state index in [4.69, 9.17) is 11.6 Å². The molecule has 0 N–H and O–H groups in total. The Kier molecular flexibility index (Phi) is 3.01. The molecule has 0 unspecified atom stereocenters. The van der Waals surface area contributed by atoms with Crippen LogP contribution >= 0.6 is 11.6 Å². The van der Waals surface area contributed by atoms with E-state index in [1.54, 1.807) is 0 Å². The van der Waals surface area contributed by atoms with Gasteiger partial charge in [0.1, 0.15) is 11.6 Å². The number of hydrogen-bond donors (Lipinski definition) is 0. The Bertz CT molecular complexity index is 340. The molecule has 0 bridgehead atoms. The predicted octanol–water partition coefficient (Wildman–Crippen LogP) is 2.78. The smallest absolute Gasteiger partial charge is 0.147 e. The van der Waals surface area contributed by atoms with E-state index < -0.39 is 0 Å². The van der Waals surface area contributed by atoms with Gasteiger partial charge in [-0.2, -0.15) is 0 Å². The minimum absolute atomic E-state index is 0.213. The van der Waals surface area contributed by atoms with Crippen LogP contribution in [0.15, 0.2) is 0 Å². The highest BCUT2D eigenvalue weighted by Crippen LogP contribution is 2.37. The van der Waals surface area contributed by atoms with Crippen molar-refractivity contribution in [2.24, 2.45) is 7.05 Å². The average Bonchev–Trinajstić information content (AvgIpc) is 2.61. The summed E-state index contributed by atoms with van der Waals surface area (Å²) in [7, 11) is 2.02. The van der Waals surface area contributed by atoms with Crippen molar-refractivity contribution in [3.05, 3.63) is 11.6 Å². The van der Waals surface area contributed by atoms with Crippen molar-refractivity contribution in [2.75, 3.05) is 0 Å². The lowest BCUT2D eigenvalue weighted by Crippen LogP contribution is -2.28. The van der Waals surface area contributed by atoms with Crippen LogP contribution in [0.3, 0.4) is 0 Å². The van der Waals surface area contributed by atoms with Crippen LogP contribution in [0.2, 0.25) is 0 Å². The summed E-state index contributed by atoms with van der Waals surface area (Å²) in [5.74, 6) is 2.43. The lowest BCUT2D eigenvalue weighted by atomic mass is 9.75. The molecular formula is C11H18ClN3. The first kappa shape index (κ1) is 10.9. The van der Waals surface area contributed by atoms with Gasteiger partial charge in [-0.25, -0.2) is 0 Å². The number of rotatable bonds is 2. The standard InChI is InChI=1S/C11H18ClN3/c1-11(6-4-3-5-7-11)10-14-13-9(8-12)15(10)2/h3-8H2,1-2H3. The van der Waals surface area contributed by atoms with E-state index >= 15 is 0 Å². The Hall–Kier alpha value is -0.570. The van der Waals surface area contributed by atoms with E-state index in [0.717, 1.165) is 11.6 Å². The lowest BCUT2D eigenvalue weighted by Gasteiger charge is -2.32. The molecule has 0 radical (unpaired) electrons. The van der Waals surface area contributed by atoms with Crippen LogP contribution in [0.5, 0.6) is 0 Å². The predicted molar refractivity (Wildman–Crippen MR) is 61.0 cm³/mol. The molecule has 15 heavy (non-hydrogen) atoms. The fraction of sp³-hybridized carbons (Fsp3) is 0.818. The first-order chi connectivity index (χ1) is 7.17. The summed E-state index contributed by atoms with van der Waals surface area (Å²) in [4.78, 5) is 0. The second-order valence-corrected chi connectivity index (χ2v) is 5.02. The molecular weight excluding hydrogens is 210 g/mol. The molecule has 0 saturated heterocycles. The lowest BCUT2D eigenvalue weighted by molar-refractivity contribution is 0.296. The SMILES string of the molecule is Cn1c(CCl)nnc1C1(C)CCCCC1. The first-order valence-electron chi connectivity index (χ1n) is 5.62. The molecule has 1 aliphatic carbocycles. The van der Waals surface area contributed by atoms with E-state index in [1.807, 2.05) is 7.05 Å².